The van der Waals surface area contributed by atoms with Crippen LogP contribution in [-0.4, -0.2) is 15.0 Å². The second-order valence-corrected chi connectivity index (χ2v) is 8.35. The molecule has 4 rings (SSSR count). The minimum Gasteiger partial charge on any atom is -0.309 e. The Morgan fingerprint density at radius 2 is 2.12 bits per heavy atom. The van der Waals surface area contributed by atoms with Crippen molar-refractivity contribution in [2.45, 2.75) is 17.2 Å². The molecule has 0 saturated carbocycles. The standard InChI is InChI=1S/C17H13N3OS3/c1-10(24-13-6-2-3-7-18-13)15-19-16(21)14-11(9-23-17(14)20-15)12-5-4-8-22-12/h2-10H,1H3,(H,19,20,21). The molecule has 0 spiro atoms. The third-order valence-corrected chi connectivity index (χ3v) is 6.40. The van der Waals surface area contributed by atoms with E-state index in [1.54, 1.807) is 29.3 Å². The van der Waals surface area contributed by atoms with Crippen molar-refractivity contribution in [3.05, 3.63) is 63.5 Å². The fraction of sp³-hybridized carbons (Fsp3) is 0.118. The van der Waals surface area contributed by atoms with Gasteiger partial charge in [-0.05, 0) is 30.5 Å². The highest BCUT2D eigenvalue weighted by Gasteiger charge is 2.17. The van der Waals surface area contributed by atoms with Gasteiger partial charge in [-0.2, -0.15) is 0 Å². The maximum Gasteiger partial charge on any atom is 0.260 e. The molecule has 0 aromatic carbocycles. The predicted molar refractivity (Wildman–Crippen MR) is 102 cm³/mol. The van der Waals surface area contributed by atoms with Crippen LogP contribution in [-0.2, 0) is 0 Å². The first-order valence-corrected chi connectivity index (χ1v) is 9.99. The van der Waals surface area contributed by atoms with Gasteiger partial charge in [-0.15, -0.1) is 22.7 Å². The molecular formula is C17H13N3OS3. The highest BCUT2D eigenvalue weighted by atomic mass is 32.2. The van der Waals surface area contributed by atoms with E-state index in [0.717, 1.165) is 20.3 Å². The quantitative estimate of drug-likeness (QED) is 0.515. The van der Waals surface area contributed by atoms with Crippen molar-refractivity contribution in [3.63, 3.8) is 0 Å². The first kappa shape index (κ1) is 15.6. The lowest BCUT2D eigenvalue weighted by Gasteiger charge is -2.09. The zero-order valence-corrected chi connectivity index (χ0v) is 15.2. The first-order chi connectivity index (χ1) is 11.7. The maximum absolute atomic E-state index is 12.6. The largest absolute Gasteiger partial charge is 0.309 e. The molecule has 0 amide bonds. The molecule has 4 nitrogen and oxygen atoms in total. The SMILES string of the molecule is CC(Sc1ccccn1)c1nc2scc(-c3cccs3)c2c(=O)[nH]1. The van der Waals surface area contributed by atoms with Crippen LogP contribution in [0.1, 0.15) is 18.0 Å². The van der Waals surface area contributed by atoms with Crippen molar-refractivity contribution in [3.8, 4) is 10.4 Å². The lowest BCUT2D eigenvalue weighted by Crippen LogP contribution is -2.12. The van der Waals surface area contributed by atoms with Gasteiger partial charge in [-0.3, -0.25) is 4.79 Å². The molecule has 4 aromatic heterocycles. The van der Waals surface area contributed by atoms with Gasteiger partial charge < -0.3 is 4.98 Å². The number of nitrogens with zero attached hydrogens (tertiary/aromatic N) is 2. The van der Waals surface area contributed by atoms with Gasteiger partial charge in [0.05, 0.1) is 15.7 Å². The molecule has 4 aromatic rings. The minimum atomic E-state index is -0.0758. The number of aromatic nitrogens is 3. The molecule has 4 heterocycles. The highest BCUT2D eigenvalue weighted by Crippen LogP contribution is 2.35. The van der Waals surface area contributed by atoms with Crippen LogP contribution in [0.5, 0.6) is 0 Å². The third kappa shape index (κ3) is 2.90. The van der Waals surface area contributed by atoms with Crippen molar-refractivity contribution in [2.24, 2.45) is 0 Å². The zero-order valence-electron chi connectivity index (χ0n) is 12.7. The van der Waals surface area contributed by atoms with Gasteiger partial charge in [0.15, 0.2) is 0 Å². The Labute approximate surface area is 150 Å². The molecule has 7 heteroatoms. The van der Waals surface area contributed by atoms with E-state index in [9.17, 15) is 4.79 Å². The van der Waals surface area contributed by atoms with E-state index < -0.39 is 0 Å². The van der Waals surface area contributed by atoms with Gasteiger partial charge in [-0.25, -0.2) is 9.97 Å². The lowest BCUT2D eigenvalue weighted by atomic mass is 10.2. The number of hydrogen-bond donors (Lipinski definition) is 1. The van der Waals surface area contributed by atoms with Gasteiger partial charge in [0.1, 0.15) is 10.7 Å². The minimum absolute atomic E-state index is 0.0179. The van der Waals surface area contributed by atoms with Crippen LogP contribution >= 0.6 is 34.4 Å². The molecule has 24 heavy (non-hydrogen) atoms. The fourth-order valence-corrected chi connectivity index (χ4v) is 5.06. The third-order valence-electron chi connectivity index (χ3n) is 3.57. The molecule has 0 aliphatic heterocycles. The van der Waals surface area contributed by atoms with Crippen LogP contribution in [0.25, 0.3) is 20.7 Å². The summed E-state index contributed by atoms with van der Waals surface area (Å²) in [5.74, 6) is 0.683. The molecule has 1 N–H and O–H groups in total. The average Bonchev–Trinajstić information content (AvgIpc) is 3.24. The average molecular weight is 372 g/mol. The van der Waals surface area contributed by atoms with E-state index >= 15 is 0 Å². The predicted octanol–water partition coefficient (Wildman–Crippen LogP) is 4.96. The molecule has 1 atom stereocenters. The summed E-state index contributed by atoms with van der Waals surface area (Å²) in [5.41, 5.74) is 0.892. The summed E-state index contributed by atoms with van der Waals surface area (Å²) < 4.78 is 0. The Morgan fingerprint density at radius 1 is 1.21 bits per heavy atom. The van der Waals surface area contributed by atoms with E-state index in [0.29, 0.717) is 11.2 Å². The van der Waals surface area contributed by atoms with Crippen LogP contribution in [0.4, 0.5) is 0 Å². The number of rotatable bonds is 4. The van der Waals surface area contributed by atoms with E-state index in [2.05, 4.69) is 15.0 Å². The van der Waals surface area contributed by atoms with Crippen LogP contribution in [0.3, 0.4) is 0 Å². The number of aromatic amines is 1. The number of fused-ring (bicyclic) bond motifs is 1. The number of thiophene rings is 2. The van der Waals surface area contributed by atoms with Crippen molar-refractivity contribution < 1.29 is 0 Å². The van der Waals surface area contributed by atoms with Gasteiger partial charge in [0, 0.05) is 22.0 Å². The Morgan fingerprint density at radius 3 is 2.88 bits per heavy atom. The molecule has 0 saturated heterocycles. The second-order valence-electron chi connectivity index (χ2n) is 5.19. The number of nitrogens with one attached hydrogen (secondary N) is 1. The Kier molecular flexibility index (Phi) is 4.22. The molecule has 1 unspecified atom stereocenters. The summed E-state index contributed by atoms with van der Waals surface area (Å²) in [6.45, 7) is 2.03. The van der Waals surface area contributed by atoms with Crippen LogP contribution < -0.4 is 5.56 Å². The van der Waals surface area contributed by atoms with E-state index in [-0.39, 0.29) is 10.8 Å². The topological polar surface area (TPSA) is 58.6 Å². The number of H-pyrrole nitrogens is 1. The molecule has 0 fully saturated rings. The fourth-order valence-electron chi connectivity index (χ4n) is 2.43. The van der Waals surface area contributed by atoms with Gasteiger partial charge >= 0.3 is 0 Å². The molecule has 0 radical (unpaired) electrons. The maximum atomic E-state index is 12.6. The van der Waals surface area contributed by atoms with E-state index in [1.807, 2.05) is 48.0 Å². The van der Waals surface area contributed by atoms with Crippen LogP contribution in [0.2, 0.25) is 0 Å². The monoisotopic (exact) mass is 371 g/mol. The second kappa shape index (κ2) is 6.51. The van der Waals surface area contributed by atoms with E-state index in [4.69, 9.17) is 0 Å². The van der Waals surface area contributed by atoms with Crippen molar-refractivity contribution in [2.75, 3.05) is 0 Å². The summed E-state index contributed by atoms with van der Waals surface area (Å²) in [6.07, 6.45) is 1.76. The number of pyridine rings is 1. The highest BCUT2D eigenvalue weighted by molar-refractivity contribution is 7.99. The number of hydrogen-bond acceptors (Lipinski definition) is 6. The Balaban J connectivity index is 1.72. The van der Waals surface area contributed by atoms with E-state index in [1.165, 1.54) is 11.3 Å². The smallest absolute Gasteiger partial charge is 0.260 e. The first-order valence-electron chi connectivity index (χ1n) is 7.35. The Hall–Kier alpha value is -1.96. The normalized spacial score (nSPS) is 12.5. The lowest BCUT2D eigenvalue weighted by molar-refractivity contribution is 0.921. The van der Waals surface area contributed by atoms with Gasteiger partial charge in [0.25, 0.3) is 5.56 Å². The van der Waals surface area contributed by atoms with Crippen LogP contribution in [0, 0.1) is 0 Å². The summed E-state index contributed by atoms with van der Waals surface area (Å²) in [6, 6.07) is 9.81. The molecule has 0 bridgehead atoms. The van der Waals surface area contributed by atoms with Gasteiger partial charge in [0.2, 0.25) is 0 Å². The van der Waals surface area contributed by atoms with Crippen molar-refractivity contribution in [1.82, 2.24) is 15.0 Å². The molecule has 0 aliphatic rings. The Bertz CT molecular complexity index is 1020. The van der Waals surface area contributed by atoms with Crippen molar-refractivity contribution >= 4 is 44.7 Å². The van der Waals surface area contributed by atoms with Crippen molar-refractivity contribution in [1.29, 1.82) is 0 Å². The summed E-state index contributed by atoms with van der Waals surface area (Å²) in [5, 5.41) is 5.64. The summed E-state index contributed by atoms with van der Waals surface area (Å²) in [7, 11) is 0. The van der Waals surface area contributed by atoms with Crippen LogP contribution in [0.15, 0.2) is 57.1 Å². The molecular weight excluding hydrogens is 358 g/mol. The van der Waals surface area contributed by atoms with Gasteiger partial charge in [-0.1, -0.05) is 23.9 Å². The molecule has 120 valence electrons. The number of thioether (sulfide) groups is 1. The zero-order chi connectivity index (χ0) is 16.5. The summed E-state index contributed by atoms with van der Waals surface area (Å²) in [4.78, 5) is 26.5. The molecule has 0 aliphatic carbocycles. The summed E-state index contributed by atoms with van der Waals surface area (Å²) >= 11 is 4.73.